The largest absolute Gasteiger partial charge is 0.289 e. The van der Waals surface area contributed by atoms with Gasteiger partial charge in [-0.25, -0.2) is 10.4 Å². The number of halogens is 1. The normalized spacial score (nSPS) is 11.5. The van der Waals surface area contributed by atoms with E-state index in [-0.39, 0.29) is 5.91 Å². The van der Waals surface area contributed by atoms with Crippen molar-refractivity contribution in [2.75, 3.05) is 0 Å². The maximum atomic E-state index is 12.2. The van der Waals surface area contributed by atoms with E-state index in [1.807, 2.05) is 42.5 Å². The van der Waals surface area contributed by atoms with Crippen molar-refractivity contribution in [2.24, 2.45) is 5.10 Å². The second kappa shape index (κ2) is 6.58. The number of nitrogens with one attached hydrogen (secondary N) is 1. The minimum atomic E-state index is -0.350. The zero-order chi connectivity index (χ0) is 16.2. The number of pyridine rings is 1. The molecule has 1 aromatic heterocycles. The molecule has 5 heteroatoms. The van der Waals surface area contributed by atoms with Gasteiger partial charge >= 0.3 is 0 Å². The quantitative estimate of drug-likeness (QED) is 0.584. The number of para-hydroxylation sites is 1. The second-order valence-corrected chi connectivity index (χ2v) is 5.47. The molecule has 0 atom stereocenters. The van der Waals surface area contributed by atoms with Crippen LogP contribution in [0.15, 0.2) is 65.8 Å². The summed E-state index contributed by atoms with van der Waals surface area (Å²) in [5.74, 6) is -0.350. The van der Waals surface area contributed by atoms with Crippen molar-refractivity contribution in [1.82, 2.24) is 10.4 Å². The number of rotatable bonds is 3. The molecule has 3 aromatic rings. The number of benzene rings is 2. The Morgan fingerprint density at radius 1 is 1.09 bits per heavy atom. The lowest BCUT2D eigenvalue weighted by Crippen LogP contribution is -2.20. The third-order valence-electron chi connectivity index (χ3n) is 3.40. The first-order valence-corrected chi connectivity index (χ1v) is 7.47. The average molecular weight is 324 g/mol. The Labute approximate surface area is 138 Å². The lowest BCUT2D eigenvalue weighted by atomic mass is 10.1. The van der Waals surface area contributed by atoms with Crippen molar-refractivity contribution in [3.8, 4) is 0 Å². The van der Waals surface area contributed by atoms with Gasteiger partial charge in [0.1, 0.15) is 5.69 Å². The Morgan fingerprint density at radius 3 is 2.74 bits per heavy atom. The van der Waals surface area contributed by atoms with Gasteiger partial charge in [0.05, 0.1) is 11.2 Å². The van der Waals surface area contributed by atoms with E-state index in [2.05, 4.69) is 15.5 Å². The van der Waals surface area contributed by atoms with Gasteiger partial charge in [0, 0.05) is 10.4 Å². The van der Waals surface area contributed by atoms with E-state index in [9.17, 15) is 4.79 Å². The molecule has 0 radical (unpaired) electrons. The minimum Gasteiger partial charge on any atom is -0.266 e. The molecule has 1 amide bonds. The summed E-state index contributed by atoms with van der Waals surface area (Å²) in [6, 6.07) is 18.5. The van der Waals surface area contributed by atoms with Crippen molar-refractivity contribution in [3.63, 3.8) is 0 Å². The van der Waals surface area contributed by atoms with Crippen LogP contribution in [0.3, 0.4) is 0 Å². The second-order valence-electron chi connectivity index (χ2n) is 5.04. The zero-order valence-corrected chi connectivity index (χ0v) is 13.2. The van der Waals surface area contributed by atoms with Gasteiger partial charge in [0.2, 0.25) is 0 Å². The number of amides is 1. The molecule has 3 rings (SSSR count). The van der Waals surface area contributed by atoms with Crippen LogP contribution in [-0.4, -0.2) is 16.6 Å². The number of hydrogen-bond acceptors (Lipinski definition) is 3. The molecule has 0 aliphatic carbocycles. The van der Waals surface area contributed by atoms with Gasteiger partial charge in [-0.2, -0.15) is 5.10 Å². The Kier molecular flexibility index (Phi) is 4.35. The molecular weight excluding hydrogens is 310 g/mol. The van der Waals surface area contributed by atoms with Crippen LogP contribution in [0.25, 0.3) is 10.9 Å². The molecule has 2 aromatic carbocycles. The first kappa shape index (κ1) is 15.2. The standard InChI is InChI=1S/C18H14ClN3O/c1-12(14-6-4-7-15(19)11-14)21-22-18(23)17-10-9-13-5-2-3-8-16(13)20-17/h2-11H,1H3,(H,22,23)/b21-12+. The van der Waals surface area contributed by atoms with Crippen LogP contribution in [0, 0.1) is 0 Å². The van der Waals surface area contributed by atoms with Gasteiger partial charge in [0.25, 0.3) is 5.91 Å². The van der Waals surface area contributed by atoms with Crippen molar-refractivity contribution < 1.29 is 4.79 Å². The minimum absolute atomic E-state index is 0.325. The van der Waals surface area contributed by atoms with E-state index in [1.165, 1.54) is 0 Å². The van der Waals surface area contributed by atoms with E-state index in [0.29, 0.717) is 16.4 Å². The van der Waals surface area contributed by atoms with Crippen molar-refractivity contribution in [1.29, 1.82) is 0 Å². The first-order chi connectivity index (χ1) is 11.1. The molecule has 4 nitrogen and oxygen atoms in total. The Balaban J connectivity index is 1.79. The molecule has 0 saturated carbocycles. The molecule has 0 spiro atoms. The Bertz CT molecular complexity index is 905. The lowest BCUT2D eigenvalue weighted by molar-refractivity contribution is 0.0950. The molecule has 114 valence electrons. The van der Waals surface area contributed by atoms with Crippen molar-refractivity contribution in [3.05, 3.63) is 76.9 Å². The summed E-state index contributed by atoms with van der Waals surface area (Å²) >= 11 is 5.95. The number of hydrazone groups is 1. The smallest absolute Gasteiger partial charge is 0.266 e. The Hall–Kier alpha value is -2.72. The van der Waals surface area contributed by atoms with Crippen molar-refractivity contribution >= 4 is 34.1 Å². The number of carbonyl (C=O) groups excluding carboxylic acids is 1. The third-order valence-corrected chi connectivity index (χ3v) is 3.63. The summed E-state index contributed by atoms with van der Waals surface area (Å²) in [7, 11) is 0. The van der Waals surface area contributed by atoms with E-state index in [0.717, 1.165) is 16.5 Å². The molecule has 0 aliphatic heterocycles. The molecular formula is C18H14ClN3O. The third kappa shape index (κ3) is 3.55. The molecule has 1 heterocycles. The maximum absolute atomic E-state index is 12.2. The number of fused-ring (bicyclic) bond motifs is 1. The number of carbonyl (C=O) groups is 1. The monoisotopic (exact) mass is 323 g/mol. The highest BCUT2D eigenvalue weighted by Crippen LogP contribution is 2.13. The molecule has 0 saturated heterocycles. The van der Waals surface area contributed by atoms with Crippen LogP contribution in [0.4, 0.5) is 0 Å². The summed E-state index contributed by atoms with van der Waals surface area (Å²) in [4.78, 5) is 16.5. The van der Waals surface area contributed by atoms with E-state index >= 15 is 0 Å². The summed E-state index contributed by atoms with van der Waals surface area (Å²) in [5.41, 5.74) is 5.14. The summed E-state index contributed by atoms with van der Waals surface area (Å²) < 4.78 is 0. The van der Waals surface area contributed by atoms with Crippen LogP contribution in [0.5, 0.6) is 0 Å². The fourth-order valence-corrected chi connectivity index (χ4v) is 2.35. The predicted octanol–water partition coefficient (Wildman–Crippen LogP) is 4.04. The van der Waals surface area contributed by atoms with Crippen LogP contribution in [0.2, 0.25) is 5.02 Å². The van der Waals surface area contributed by atoms with Gasteiger partial charge in [-0.1, -0.05) is 48.0 Å². The highest BCUT2D eigenvalue weighted by molar-refractivity contribution is 6.31. The fourth-order valence-electron chi connectivity index (χ4n) is 2.16. The van der Waals surface area contributed by atoms with Crippen LogP contribution < -0.4 is 5.43 Å². The zero-order valence-electron chi connectivity index (χ0n) is 12.5. The fraction of sp³-hybridized carbons (Fsp3) is 0.0556. The molecule has 1 N–H and O–H groups in total. The topological polar surface area (TPSA) is 54.4 Å². The van der Waals surface area contributed by atoms with Gasteiger partial charge in [-0.05, 0) is 36.8 Å². The highest BCUT2D eigenvalue weighted by atomic mass is 35.5. The van der Waals surface area contributed by atoms with Crippen LogP contribution in [0.1, 0.15) is 23.0 Å². The number of aromatic nitrogens is 1. The van der Waals surface area contributed by atoms with Gasteiger partial charge < -0.3 is 0 Å². The average Bonchev–Trinajstić information content (AvgIpc) is 2.59. The summed E-state index contributed by atoms with van der Waals surface area (Å²) in [5, 5.41) is 5.72. The van der Waals surface area contributed by atoms with E-state index in [1.54, 1.807) is 25.1 Å². The van der Waals surface area contributed by atoms with E-state index in [4.69, 9.17) is 11.6 Å². The lowest BCUT2D eigenvalue weighted by Gasteiger charge is -2.04. The number of nitrogens with zero attached hydrogens (tertiary/aromatic N) is 2. The molecule has 0 aliphatic rings. The molecule has 0 bridgehead atoms. The molecule has 23 heavy (non-hydrogen) atoms. The first-order valence-electron chi connectivity index (χ1n) is 7.10. The van der Waals surface area contributed by atoms with Gasteiger partial charge in [-0.3, -0.25) is 4.79 Å². The maximum Gasteiger partial charge on any atom is 0.289 e. The predicted molar refractivity (Wildman–Crippen MR) is 92.9 cm³/mol. The van der Waals surface area contributed by atoms with Gasteiger partial charge in [0.15, 0.2) is 0 Å². The van der Waals surface area contributed by atoms with Crippen LogP contribution >= 0.6 is 11.6 Å². The Morgan fingerprint density at radius 2 is 1.91 bits per heavy atom. The molecule has 0 unspecified atom stereocenters. The molecule has 0 fully saturated rings. The van der Waals surface area contributed by atoms with Crippen molar-refractivity contribution in [2.45, 2.75) is 6.92 Å². The van der Waals surface area contributed by atoms with E-state index < -0.39 is 0 Å². The summed E-state index contributed by atoms with van der Waals surface area (Å²) in [6.07, 6.45) is 0. The van der Waals surface area contributed by atoms with Gasteiger partial charge in [-0.15, -0.1) is 0 Å². The highest BCUT2D eigenvalue weighted by Gasteiger charge is 2.07. The number of hydrogen-bond donors (Lipinski definition) is 1. The van der Waals surface area contributed by atoms with Crippen LogP contribution in [-0.2, 0) is 0 Å². The summed E-state index contributed by atoms with van der Waals surface area (Å²) in [6.45, 7) is 1.81. The SMILES string of the molecule is C/C(=N\NC(=O)c1ccc2ccccc2n1)c1cccc(Cl)c1.